The van der Waals surface area contributed by atoms with Crippen LogP contribution in [0.2, 0.25) is 0 Å². The van der Waals surface area contributed by atoms with Crippen LogP contribution >= 0.6 is 15.9 Å². The molecule has 1 N–H and O–H groups in total. The number of hydrogen-bond donors (Lipinski definition) is 1. The number of benzene rings is 2. The summed E-state index contributed by atoms with van der Waals surface area (Å²) < 4.78 is 1.02. The molecule has 0 unspecified atom stereocenters. The molecule has 1 nitrogen and oxygen atoms in total. The minimum Gasteiger partial charge on any atom is -0.384 e. The fraction of sp³-hybridized carbons (Fsp3) is 0.200. The van der Waals surface area contributed by atoms with E-state index in [1.807, 2.05) is 50.2 Å². The van der Waals surface area contributed by atoms with Gasteiger partial charge in [0.05, 0.1) is 0 Å². The summed E-state index contributed by atoms with van der Waals surface area (Å²) in [5.74, 6) is 0. The first-order valence-electron chi connectivity index (χ1n) is 5.58. The number of aryl methyl sites for hydroxylation is 2. The van der Waals surface area contributed by atoms with E-state index in [1.54, 1.807) is 0 Å². The molecule has 0 fully saturated rings. The number of halogens is 1. The average Bonchev–Trinajstić information content (AvgIpc) is 2.28. The van der Waals surface area contributed by atoms with Gasteiger partial charge in [0.1, 0.15) is 6.10 Å². The Morgan fingerprint density at radius 1 is 0.882 bits per heavy atom. The number of rotatable bonds is 2. The van der Waals surface area contributed by atoms with E-state index < -0.39 is 6.10 Å². The van der Waals surface area contributed by atoms with Crippen LogP contribution in [-0.4, -0.2) is 5.11 Å². The summed E-state index contributed by atoms with van der Waals surface area (Å²) in [6.45, 7) is 4.09. The number of hydrogen-bond acceptors (Lipinski definition) is 1. The van der Waals surface area contributed by atoms with Gasteiger partial charge in [-0.15, -0.1) is 0 Å². The molecule has 0 saturated heterocycles. The molecule has 2 rings (SSSR count). The number of aliphatic hydroxyl groups excluding tert-OH is 1. The van der Waals surface area contributed by atoms with Gasteiger partial charge in [0.25, 0.3) is 0 Å². The molecule has 0 aliphatic rings. The normalized spacial score (nSPS) is 12.5. The lowest BCUT2D eigenvalue weighted by atomic mass is 9.98. The van der Waals surface area contributed by atoms with Crippen molar-refractivity contribution in [2.75, 3.05) is 0 Å². The molecule has 0 aromatic heterocycles. The fourth-order valence-electron chi connectivity index (χ4n) is 2.01. The lowest BCUT2D eigenvalue weighted by Crippen LogP contribution is -2.00. The fourth-order valence-corrected chi connectivity index (χ4v) is 2.27. The van der Waals surface area contributed by atoms with Crippen LogP contribution < -0.4 is 0 Å². The van der Waals surface area contributed by atoms with E-state index in [2.05, 4.69) is 22.0 Å². The van der Waals surface area contributed by atoms with Gasteiger partial charge in [-0.2, -0.15) is 0 Å². The van der Waals surface area contributed by atoms with Gasteiger partial charge in [-0.25, -0.2) is 0 Å². The van der Waals surface area contributed by atoms with Gasteiger partial charge in [-0.1, -0.05) is 57.4 Å². The molecule has 0 spiro atoms. The molecule has 0 saturated carbocycles. The maximum Gasteiger partial charge on any atom is 0.104 e. The van der Waals surface area contributed by atoms with Gasteiger partial charge < -0.3 is 5.11 Å². The molecular weight excluding hydrogens is 276 g/mol. The Kier molecular flexibility index (Phi) is 3.65. The first kappa shape index (κ1) is 12.3. The zero-order chi connectivity index (χ0) is 12.4. The molecule has 17 heavy (non-hydrogen) atoms. The van der Waals surface area contributed by atoms with Gasteiger partial charge in [-0.05, 0) is 37.1 Å². The van der Waals surface area contributed by atoms with Crippen LogP contribution in [-0.2, 0) is 0 Å². The average molecular weight is 291 g/mol. The second kappa shape index (κ2) is 5.03. The molecule has 88 valence electrons. The monoisotopic (exact) mass is 290 g/mol. The second-order valence-electron chi connectivity index (χ2n) is 4.38. The number of aliphatic hydroxyl groups is 1. The summed E-state index contributed by atoms with van der Waals surface area (Å²) in [4.78, 5) is 0. The van der Waals surface area contributed by atoms with Crippen LogP contribution in [0.5, 0.6) is 0 Å². The van der Waals surface area contributed by atoms with Crippen molar-refractivity contribution in [3.63, 3.8) is 0 Å². The lowest BCUT2D eigenvalue weighted by Gasteiger charge is -2.13. The molecule has 2 aromatic rings. The van der Waals surface area contributed by atoms with Crippen LogP contribution in [0.15, 0.2) is 46.9 Å². The van der Waals surface area contributed by atoms with E-state index >= 15 is 0 Å². The van der Waals surface area contributed by atoms with Crippen LogP contribution in [0, 0.1) is 13.8 Å². The quantitative estimate of drug-likeness (QED) is 0.881. The van der Waals surface area contributed by atoms with Crippen molar-refractivity contribution in [1.29, 1.82) is 0 Å². The minimum atomic E-state index is -0.554. The Bertz CT molecular complexity index is 497. The Hall–Kier alpha value is -1.12. The van der Waals surface area contributed by atoms with Crippen LogP contribution in [0.3, 0.4) is 0 Å². The first-order valence-corrected chi connectivity index (χ1v) is 6.37. The smallest absolute Gasteiger partial charge is 0.104 e. The topological polar surface area (TPSA) is 20.2 Å². The Morgan fingerprint density at radius 3 is 1.94 bits per heavy atom. The van der Waals surface area contributed by atoms with Gasteiger partial charge in [0.2, 0.25) is 0 Å². The summed E-state index contributed by atoms with van der Waals surface area (Å²) in [5.41, 5.74) is 4.22. The van der Waals surface area contributed by atoms with Crippen molar-refractivity contribution in [3.05, 3.63) is 69.2 Å². The third kappa shape index (κ3) is 2.96. The SMILES string of the molecule is Cc1cc(C)cc([C@H](O)c2ccc(Br)cc2)c1. The highest BCUT2D eigenvalue weighted by molar-refractivity contribution is 9.10. The van der Waals surface area contributed by atoms with Crippen LogP contribution in [0.1, 0.15) is 28.4 Å². The van der Waals surface area contributed by atoms with Gasteiger partial charge in [-0.3, -0.25) is 0 Å². The van der Waals surface area contributed by atoms with Gasteiger partial charge in [0.15, 0.2) is 0 Å². The van der Waals surface area contributed by atoms with E-state index in [9.17, 15) is 5.11 Å². The highest BCUT2D eigenvalue weighted by atomic mass is 79.9. The maximum absolute atomic E-state index is 10.3. The molecule has 0 aliphatic heterocycles. The van der Waals surface area contributed by atoms with E-state index in [0.29, 0.717) is 0 Å². The standard InChI is InChI=1S/C15H15BrO/c1-10-7-11(2)9-13(8-10)15(17)12-3-5-14(16)6-4-12/h3-9,15,17H,1-2H3/t15-/m1/s1. The zero-order valence-electron chi connectivity index (χ0n) is 9.94. The maximum atomic E-state index is 10.3. The zero-order valence-corrected chi connectivity index (χ0v) is 11.5. The first-order chi connectivity index (χ1) is 8.06. The molecular formula is C15H15BrO. The molecule has 0 aliphatic carbocycles. The lowest BCUT2D eigenvalue weighted by molar-refractivity contribution is 0.220. The molecule has 0 amide bonds. The summed E-state index contributed by atoms with van der Waals surface area (Å²) in [6.07, 6.45) is -0.554. The minimum absolute atomic E-state index is 0.554. The van der Waals surface area contributed by atoms with E-state index in [1.165, 1.54) is 11.1 Å². The van der Waals surface area contributed by atoms with E-state index in [0.717, 1.165) is 15.6 Å². The molecule has 0 heterocycles. The third-order valence-corrected chi connectivity index (χ3v) is 3.27. The molecule has 0 radical (unpaired) electrons. The van der Waals surface area contributed by atoms with Gasteiger partial charge in [0, 0.05) is 4.47 Å². The molecule has 2 aromatic carbocycles. The molecule has 2 heteroatoms. The van der Waals surface area contributed by atoms with Crippen LogP contribution in [0.4, 0.5) is 0 Å². The van der Waals surface area contributed by atoms with E-state index in [4.69, 9.17) is 0 Å². The highest BCUT2D eigenvalue weighted by Crippen LogP contribution is 2.25. The van der Waals surface area contributed by atoms with Crippen molar-refractivity contribution in [3.8, 4) is 0 Å². The van der Waals surface area contributed by atoms with Crippen molar-refractivity contribution in [2.45, 2.75) is 20.0 Å². The summed E-state index contributed by atoms with van der Waals surface area (Å²) in [7, 11) is 0. The molecule has 0 bridgehead atoms. The predicted molar refractivity (Wildman–Crippen MR) is 74.1 cm³/mol. The Balaban J connectivity index is 2.36. The van der Waals surface area contributed by atoms with Crippen molar-refractivity contribution in [2.24, 2.45) is 0 Å². The highest BCUT2D eigenvalue weighted by Gasteiger charge is 2.10. The van der Waals surface area contributed by atoms with Gasteiger partial charge >= 0.3 is 0 Å². The second-order valence-corrected chi connectivity index (χ2v) is 5.29. The van der Waals surface area contributed by atoms with Crippen LogP contribution in [0.25, 0.3) is 0 Å². The van der Waals surface area contributed by atoms with Crippen molar-refractivity contribution < 1.29 is 5.11 Å². The van der Waals surface area contributed by atoms with E-state index in [-0.39, 0.29) is 0 Å². The Labute approximate surface area is 110 Å². The summed E-state index contributed by atoms with van der Waals surface area (Å²) in [5, 5.41) is 10.3. The van der Waals surface area contributed by atoms with Crippen molar-refractivity contribution in [1.82, 2.24) is 0 Å². The Morgan fingerprint density at radius 2 is 1.41 bits per heavy atom. The predicted octanol–water partition coefficient (Wildman–Crippen LogP) is 4.15. The third-order valence-electron chi connectivity index (χ3n) is 2.75. The summed E-state index contributed by atoms with van der Waals surface area (Å²) >= 11 is 3.39. The molecule has 1 atom stereocenters. The van der Waals surface area contributed by atoms with Crippen molar-refractivity contribution >= 4 is 15.9 Å². The summed E-state index contributed by atoms with van der Waals surface area (Å²) in [6, 6.07) is 13.9. The largest absolute Gasteiger partial charge is 0.384 e.